The third-order valence-electron chi connectivity index (χ3n) is 5.09. The van der Waals surface area contributed by atoms with E-state index in [0.29, 0.717) is 22.3 Å². The average molecular weight is 432 g/mol. The molecule has 3 aromatic carbocycles. The molecule has 5 rings (SSSR count). The van der Waals surface area contributed by atoms with Gasteiger partial charge in [0.15, 0.2) is 5.43 Å². The van der Waals surface area contributed by atoms with E-state index in [1.54, 1.807) is 24.3 Å². The van der Waals surface area contributed by atoms with Crippen LogP contribution in [0, 0.1) is 5.82 Å². The fourth-order valence-electron chi connectivity index (χ4n) is 3.58. The Kier molecular flexibility index (Phi) is 5.17. The zero-order valence-electron chi connectivity index (χ0n) is 16.7. The number of hydrogen-bond acceptors (Lipinski definition) is 6. The quantitative estimate of drug-likeness (QED) is 0.427. The number of fused-ring (bicyclic) bond motifs is 2. The molecule has 32 heavy (non-hydrogen) atoms. The summed E-state index contributed by atoms with van der Waals surface area (Å²) in [6.45, 7) is -0.121. The average Bonchev–Trinajstić information content (AvgIpc) is 2.82. The molecular weight excluding hydrogens is 415 g/mol. The summed E-state index contributed by atoms with van der Waals surface area (Å²) in [5, 5.41) is 0.364. The normalized spacial score (nSPS) is 15.1. The Balaban J connectivity index is 1.39. The van der Waals surface area contributed by atoms with E-state index in [1.165, 1.54) is 12.1 Å². The zero-order valence-corrected chi connectivity index (χ0v) is 16.7. The molecule has 7 heteroatoms. The van der Waals surface area contributed by atoms with Gasteiger partial charge in [-0.05, 0) is 24.3 Å². The maximum absolute atomic E-state index is 14.1. The number of halogens is 1. The van der Waals surface area contributed by atoms with Crippen molar-refractivity contribution >= 4 is 16.9 Å². The van der Waals surface area contributed by atoms with Gasteiger partial charge in [0.25, 0.3) is 0 Å². The van der Waals surface area contributed by atoms with Crippen molar-refractivity contribution in [1.29, 1.82) is 0 Å². The van der Waals surface area contributed by atoms with Gasteiger partial charge in [0.05, 0.1) is 12.0 Å². The molecule has 0 amide bonds. The molecule has 6 nitrogen and oxygen atoms in total. The van der Waals surface area contributed by atoms with E-state index in [-0.39, 0.29) is 30.0 Å². The molecular formula is C25H17FO6. The largest absolute Gasteiger partial charge is 0.460 e. The summed E-state index contributed by atoms with van der Waals surface area (Å²) in [5.74, 6) is -1.17. The lowest BCUT2D eigenvalue weighted by Crippen LogP contribution is -2.20. The summed E-state index contributed by atoms with van der Waals surface area (Å²) in [5.41, 5.74) is 1.60. The van der Waals surface area contributed by atoms with E-state index in [9.17, 15) is 14.0 Å². The first-order valence-electron chi connectivity index (χ1n) is 9.93. The highest BCUT2D eigenvalue weighted by molar-refractivity contribution is 5.88. The van der Waals surface area contributed by atoms with Crippen molar-refractivity contribution in [3.05, 3.63) is 111 Å². The molecule has 1 aromatic heterocycles. The van der Waals surface area contributed by atoms with Crippen LogP contribution in [-0.2, 0) is 22.7 Å². The van der Waals surface area contributed by atoms with Crippen molar-refractivity contribution in [3.8, 4) is 5.75 Å². The van der Waals surface area contributed by atoms with Gasteiger partial charge in [0.2, 0.25) is 12.1 Å². The second-order valence-electron chi connectivity index (χ2n) is 7.27. The second kappa shape index (κ2) is 8.28. The fraction of sp³-hybridized carbons (Fsp3) is 0.120. The molecule has 0 bridgehead atoms. The SMILES string of the molecule is O=C(OCc1cc(F)cc2c1OC(c1ccccc1)OC2)c1cc(=O)c2ccccc2o1. The van der Waals surface area contributed by atoms with Crippen LogP contribution in [-0.4, -0.2) is 5.97 Å². The van der Waals surface area contributed by atoms with Crippen LogP contribution in [0.25, 0.3) is 11.0 Å². The summed E-state index contributed by atoms with van der Waals surface area (Å²) in [6, 6.07) is 19.6. The summed E-state index contributed by atoms with van der Waals surface area (Å²) < 4.78 is 36.6. The number of carbonyl (C=O) groups excluding carboxylic acids is 1. The monoisotopic (exact) mass is 432 g/mol. The van der Waals surface area contributed by atoms with E-state index >= 15 is 0 Å². The van der Waals surface area contributed by atoms with Gasteiger partial charge >= 0.3 is 5.97 Å². The highest BCUT2D eigenvalue weighted by Crippen LogP contribution is 2.37. The van der Waals surface area contributed by atoms with Crippen molar-refractivity contribution in [2.45, 2.75) is 19.5 Å². The third-order valence-corrected chi connectivity index (χ3v) is 5.09. The highest BCUT2D eigenvalue weighted by atomic mass is 19.1. The Labute approximate surface area is 181 Å². The number of hydrogen-bond donors (Lipinski definition) is 0. The molecule has 1 atom stereocenters. The van der Waals surface area contributed by atoms with Crippen LogP contribution in [0.3, 0.4) is 0 Å². The predicted molar refractivity (Wildman–Crippen MR) is 113 cm³/mol. The van der Waals surface area contributed by atoms with Crippen molar-refractivity contribution in [3.63, 3.8) is 0 Å². The predicted octanol–water partition coefficient (Wildman–Crippen LogP) is 4.90. The van der Waals surface area contributed by atoms with Gasteiger partial charge in [-0.25, -0.2) is 9.18 Å². The van der Waals surface area contributed by atoms with Gasteiger partial charge in [0.1, 0.15) is 23.8 Å². The molecule has 0 saturated carbocycles. The molecule has 1 unspecified atom stereocenters. The van der Waals surface area contributed by atoms with Crippen LogP contribution in [0.5, 0.6) is 5.75 Å². The Morgan fingerprint density at radius 2 is 1.81 bits per heavy atom. The minimum absolute atomic E-state index is 0.146. The Morgan fingerprint density at radius 3 is 2.66 bits per heavy atom. The van der Waals surface area contributed by atoms with Crippen molar-refractivity contribution in [2.75, 3.05) is 0 Å². The smallest absolute Gasteiger partial charge is 0.374 e. The van der Waals surface area contributed by atoms with Gasteiger partial charge in [-0.15, -0.1) is 0 Å². The third kappa shape index (κ3) is 3.86. The molecule has 0 aliphatic carbocycles. The Morgan fingerprint density at radius 1 is 1.03 bits per heavy atom. The summed E-state index contributed by atoms with van der Waals surface area (Å²) in [7, 11) is 0. The molecule has 0 saturated heterocycles. The summed E-state index contributed by atoms with van der Waals surface area (Å²) in [6.07, 6.45) is -0.665. The van der Waals surface area contributed by atoms with Crippen molar-refractivity contribution in [2.24, 2.45) is 0 Å². The number of para-hydroxylation sites is 1. The Bertz CT molecular complexity index is 1360. The summed E-state index contributed by atoms with van der Waals surface area (Å²) in [4.78, 5) is 24.8. The molecule has 4 aromatic rings. The number of carbonyl (C=O) groups is 1. The van der Waals surface area contributed by atoms with E-state index in [0.717, 1.165) is 11.6 Å². The number of ether oxygens (including phenoxy) is 3. The first kappa shape index (κ1) is 20.0. The van der Waals surface area contributed by atoms with E-state index in [1.807, 2.05) is 30.3 Å². The topological polar surface area (TPSA) is 75.0 Å². The standard InChI is InChI=1S/C25H17FO6/c26-18-10-16(23-17(11-18)14-30-25(32-23)15-6-2-1-3-7-15)13-29-24(28)22-12-20(27)19-8-4-5-9-21(19)31-22/h1-12,25H,13-14H2. The summed E-state index contributed by atoms with van der Waals surface area (Å²) >= 11 is 0. The van der Waals surface area contributed by atoms with Gasteiger partial charge in [-0.3, -0.25) is 4.79 Å². The van der Waals surface area contributed by atoms with Gasteiger partial charge in [-0.1, -0.05) is 42.5 Å². The van der Waals surface area contributed by atoms with Crippen molar-refractivity contribution in [1.82, 2.24) is 0 Å². The molecule has 1 aliphatic rings. The number of esters is 1. The molecule has 0 fully saturated rings. The minimum Gasteiger partial charge on any atom is -0.460 e. The van der Waals surface area contributed by atoms with E-state index in [4.69, 9.17) is 18.6 Å². The first-order chi connectivity index (χ1) is 15.6. The molecule has 0 N–H and O–H groups in total. The number of rotatable bonds is 4. The maximum atomic E-state index is 14.1. The van der Waals surface area contributed by atoms with E-state index < -0.39 is 18.1 Å². The highest BCUT2D eigenvalue weighted by Gasteiger charge is 2.26. The van der Waals surface area contributed by atoms with Crippen LogP contribution in [0.2, 0.25) is 0 Å². The lowest BCUT2D eigenvalue weighted by atomic mass is 10.1. The Hall–Kier alpha value is -3.97. The zero-order chi connectivity index (χ0) is 22.1. The lowest BCUT2D eigenvalue weighted by Gasteiger charge is -2.28. The van der Waals surface area contributed by atoms with Crippen LogP contribution in [0.15, 0.2) is 82.0 Å². The molecule has 0 spiro atoms. The fourth-order valence-corrected chi connectivity index (χ4v) is 3.58. The molecule has 1 aliphatic heterocycles. The van der Waals surface area contributed by atoms with Crippen LogP contribution in [0.1, 0.15) is 33.5 Å². The van der Waals surface area contributed by atoms with Crippen LogP contribution in [0.4, 0.5) is 4.39 Å². The molecule has 0 radical (unpaired) electrons. The minimum atomic E-state index is -0.836. The van der Waals surface area contributed by atoms with Gasteiger partial charge < -0.3 is 18.6 Å². The second-order valence-corrected chi connectivity index (χ2v) is 7.27. The van der Waals surface area contributed by atoms with Gasteiger partial charge in [-0.2, -0.15) is 0 Å². The first-order valence-corrected chi connectivity index (χ1v) is 9.93. The maximum Gasteiger partial charge on any atom is 0.374 e. The molecule has 160 valence electrons. The van der Waals surface area contributed by atoms with Crippen LogP contribution >= 0.6 is 0 Å². The van der Waals surface area contributed by atoms with E-state index in [2.05, 4.69) is 0 Å². The number of benzene rings is 3. The van der Waals surface area contributed by atoms with Crippen molar-refractivity contribution < 1.29 is 27.8 Å². The lowest BCUT2D eigenvalue weighted by molar-refractivity contribution is -0.112. The van der Waals surface area contributed by atoms with Gasteiger partial charge in [0, 0.05) is 22.8 Å². The molecule has 2 heterocycles. The van der Waals surface area contributed by atoms with Crippen LogP contribution < -0.4 is 10.2 Å².